The van der Waals surface area contributed by atoms with Crippen LogP contribution in [-0.2, 0) is 20.7 Å². The molecule has 0 saturated carbocycles. The Morgan fingerprint density at radius 2 is 1.77 bits per heavy atom. The van der Waals surface area contributed by atoms with E-state index in [9.17, 15) is 20.1 Å². The summed E-state index contributed by atoms with van der Waals surface area (Å²) in [5, 5.41) is 47.3. The Morgan fingerprint density at radius 1 is 1.14 bits per heavy atom. The largest absolute Gasteiger partial charge is 0.508 e. The molecule has 1 fully saturated rings. The van der Waals surface area contributed by atoms with Gasteiger partial charge in [-0.05, 0) is 17.7 Å². The molecule has 122 valence electrons. The van der Waals surface area contributed by atoms with Crippen molar-refractivity contribution in [2.24, 2.45) is 0 Å². The van der Waals surface area contributed by atoms with Gasteiger partial charge in [0.15, 0.2) is 12.4 Å². The molecule has 0 amide bonds. The lowest BCUT2D eigenvalue weighted by Gasteiger charge is -2.39. The number of aliphatic hydroxyl groups excluding tert-OH is 4. The molecule has 5 N–H and O–H groups in total. The highest BCUT2D eigenvalue weighted by Crippen LogP contribution is 2.22. The van der Waals surface area contributed by atoms with Gasteiger partial charge in [0.25, 0.3) is 0 Å². The van der Waals surface area contributed by atoms with Gasteiger partial charge >= 0.3 is 5.97 Å². The summed E-state index contributed by atoms with van der Waals surface area (Å²) in [5.74, 6) is -0.686. The summed E-state index contributed by atoms with van der Waals surface area (Å²) in [5.41, 5.74) is 0.567. The number of rotatable bonds is 4. The van der Waals surface area contributed by atoms with Gasteiger partial charge < -0.3 is 35.0 Å². The Morgan fingerprint density at radius 3 is 2.36 bits per heavy atom. The van der Waals surface area contributed by atoms with Crippen LogP contribution in [0.4, 0.5) is 0 Å². The molecule has 1 aliphatic heterocycles. The average Bonchev–Trinajstić information content (AvgIpc) is 2.49. The molecule has 5 atom stereocenters. The highest BCUT2D eigenvalue weighted by molar-refractivity contribution is 5.72. The Balaban J connectivity index is 1.97. The highest BCUT2D eigenvalue weighted by atomic mass is 16.7. The zero-order valence-electron chi connectivity index (χ0n) is 11.6. The third kappa shape index (κ3) is 3.73. The fourth-order valence-electron chi connectivity index (χ4n) is 2.17. The predicted molar refractivity (Wildman–Crippen MR) is 71.7 cm³/mol. The SMILES string of the molecule is O=C(Cc1ccc(O)cc1)O[C@@H]1[C@@H](O)[C@H](O)[C@@H](CO)O[C@H]1O. The van der Waals surface area contributed by atoms with E-state index in [1.165, 1.54) is 24.3 Å². The summed E-state index contributed by atoms with van der Waals surface area (Å²) in [6, 6.07) is 5.87. The summed E-state index contributed by atoms with van der Waals surface area (Å²) < 4.78 is 9.83. The van der Waals surface area contributed by atoms with E-state index in [0.29, 0.717) is 5.56 Å². The van der Waals surface area contributed by atoms with Gasteiger partial charge in [-0.1, -0.05) is 12.1 Å². The second-order valence-corrected chi connectivity index (χ2v) is 5.03. The standard InChI is InChI=1S/C14H18O8/c15-6-9-11(18)12(19)13(14(20)21-9)22-10(17)5-7-1-3-8(16)4-2-7/h1-4,9,11-16,18-20H,5-6H2/t9-,11-,12+,13-,14-/m1/s1. The Hall–Kier alpha value is -1.71. The molecule has 0 radical (unpaired) electrons. The van der Waals surface area contributed by atoms with Crippen molar-refractivity contribution in [3.8, 4) is 5.75 Å². The lowest BCUT2D eigenvalue weighted by molar-refractivity contribution is -0.290. The summed E-state index contributed by atoms with van der Waals surface area (Å²) in [4.78, 5) is 11.8. The van der Waals surface area contributed by atoms with Gasteiger partial charge in [0.1, 0.15) is 24.1 Å². The van der Waals surface area contributed by atoms with E-state index in [1.807, 2.05) is 0 Å². The molecular formula is C14H18O8. The maximum absolute atomic E-state index is 11.8. The van der Waals surface area contributed by atoms with Gasteiger partial charge in [-0.2, -0.15) is 0 Å². The van der Waals surface area contributed by atoms with E-state index >= 15 is 0 Å². The summed E-state index contributed by atoms with van der Waals surface area (Å²) in [6.07, 6.45) is -7.47. The van der Waals surface area contributed by atoms with Crippen molar-refractivity contribution < 1.29 is 39.8 Å². The average molecular weight is 314 g/mol. The number of hydrogen-bond acceptors (Lipinski definition) is 8. The maximum atomic E-state index is 11.8. The van der Waals surface area contributed by atoms with Gasteiger partial charge in [0.05, 0.1) is 13.0 Å². The van der Waals surface area contributed by atoms with Crippen LogP contribution in [0.1, 0.15) is 5.56 Å². The molecule has 8 heteroatoms. The molecule has 0 aromatic heterocycles. The second kappa shape index (κ2) is 7.03. The van der Waals surface area contributed by atoms with Gasteiger partial charge in [-0.3, -0.25) is 4.79 Å². The van der Waals surface area contributed by atoms with Crippen molar-refractivity contribution in [1.82, 2.24) is 0 Å². The molecular weight excluding hydrogens is 296 g/mol. The number of carbonyl (C=O) groups excluding carboxylic acids is 1. The summed E-state index contributed by atoms with van der Waals surface area (Å²) >= 11 is 0. The number of ether oxygens (including phenoxy) is 2. The van der Waals surface area contributed by atoms with Gasteiger partial charge in [0.2, 0.25) is 0 Å². The van der Waals surface area contributed by atoms with Gasteiger partial charge in [-0.15, -0.1) is 0 Å². The van der Waals surface area contributed by atoms with Crippen LogP contribution in [0.2, 0.25) is 0 Å². The molecule has 0 bridgehead atoms. The first-order valence-electron chi connectivity index (χ1n) is 6.70. The number of phenols is 1. The normalized spacial score (nSPS) is 31.7. The van der Waals surface area contributed by atoms with E-state index < -0.39 is 43.3 Å². The third-order valence-electron chi connectivity index (χ3n) is 3.39. The van der Waals surface area contributed by atoms with E-state index in [-0.39, 0.29) is 12.2 Å². The lowest BCUT2D eigenvalue weighted by atomic mass is 9.99. The minimum atomic E-state index is -1.65. The molecule has 1 aromatic rings. The van der Waals surface area contributed by atoms with Crippen molar-refractivity contribution in [1.29, 1.82) is 0 Å². The molecule has 1 aliphatic rings. The van der Waals surface area contributed by atoms with Crippen LogP contribution in [0, 0.1) is 0 Å². The molecule has 1 heterocycles. The van der Waals surface area contributed by atoms with Gasteiger partial charge in [-0.25, -0.2) is 0 Å². The third-order valence-corrected chi connectivity index (χ3v) is 3.39. The Kier molecular flexibility index (Phi) is 5.33. The number of benzene rings is 1. The van der Waals surface area contributed by atoms with Crippen molar-refractivity contribution in [2.45, 2.75) is 37.1 Å². The first-order chi connectivity index (χ1) is 10.4. The minimum Gasteiger partial charge on any atom is -0.508 e. The van der Waals surface area contributed by atoms with Crippen LogP contribution in [0.5, 0.6) is 5.75 Å². The number of aromatic hydroxyl groups is 1. The Labute approximate surface area is 126 Å². The first-order valence-corrected chi connectivity index (χ1v) is 6.70. The lowest BCUT2D eigenvalue weighted by Crippen LogP contribution is -2.59. The fourth-order valence-corrected chi connectivity index (χ4v) is 2.17. The van der Waals surface area contributed by atoms with Crippen LogP contribution in [0.25, 0.3) is 0 Å². The fraction of sp³-hybridized carbons (Fsp3) is 0.500. The van der Waals surface area contributed by atoms with Gasteiger partial charge in [0, 0.05) is 0 Å². The molecule has 0 unspecified atom stereocenters. The number of phenolic OH excluding ortho intramolecular Hbond substituents is 1. The topological polar surface area (TPSA) is 137 Å². The number of aliphatic hydroxyl groups is 4. The number of esters is 1. The van der Waals surface area contributed by atoms with E-state index in [4.69, 9.17) is 19.7 Å². The molecule has 8 nitrogen and oxygen atoms in total. The predicted octanol–water partition coefficient (Wildman–Crippen LogP) is -1.72. The molecule has 22 heavy (non-hydrogen) atoms. The molecule has 1 saturated heterocycles. The maximum Gasteiger partial charge on any atom is 0.310 e. The van der Waals surface area contributed by atoms with Crippen molar-refractivity contribution in [3.05, 3.63) is 29.8 Å². The summed E-state index contributed by atoms with van der Waals surface area (Å²) in [7, 11) is 0. The number of hydrogen-bond donors (Lipinski definition) is 5. The number of carbonyl (C=O) groups is 1. The monoisotopic (exact) mass is 314 g/mol. The highest BCUT2D eigenvalue weighted by Gasteiger charge is 2.45. The van der Waals surface area contributed by atoms with E-state index in [0.717, 1.165) is 0 Å². The molecule has 0 aliphatic carbocycles. The van der Waals surface area contributed by atoms with Crippen LogP contribution >= 0.6 is 0 Å². The molecule has 0 spiro atoms. The van der Waals surface area contributed by atoms with Crippen molar-refractivity contribution >= 4 is 5.97 Å². The second-order valence-electron chi connectivity index (χ2n) is 5.03. The van der Waals surface area contributed by atoms with E-state index in [1.54, 1.807) is 0 Å². The Bertz CT molecular complexity index is 502. The quantitative estimate of drug-likeness (QED) is 0.414. The first kappa shape index (κ1) is 16.7. The van der Waals surface area contributed by atoms with Crippen LogP contribution in [-0.4, -0.2) is 68.8 Å². The smallest absolute Gasteiger partial charge is 0.310 e. The minimum absolute atomic E-state index is 0.0572. The molecule has 2 rings (SSSR count). The van der Waals surface area contributed by atoms with Crippen LogP contribution in [0.15, 0.2) is 24.3 Å². The molecule has 1 aromatic carbocycles. The van der Waals surface area contributed by atoms with Crippen LogP contribution in [0.3, 0.4) is 0 Å². The summed E-state index contributed by atoms with van der Waals surface area (Å²) in [6.45, 7) is -0.594. The van der Waals surface area contributed by atoms with Crippen LogP contribution < -0.4 is 0 Å². The van der Waals surface area contributed by atoms with Crippen molar-refractivity contribution in [2.75, 3.05) is 6.61 Å². The zero-order chi connectivity index (χ0) is 16.3. The van der Waals surface area contributed by atoms with Crippen molar-refractivity contribution in [3.63, 3.8) is 0 Å². The van der Waals surface area contributed by atoms with E-state index in [2.05, 4.69) is 0 Å². The zero-order valence-corrected chi connectivity index (χ0v) is 11.6.